The molecule has 0 saturated heterocycles. The van der Waals surface area contributed by atoms with Crippen LogP contribution in [0.3, 0.4) is 0 Å². The molecule has 4 aromatic rings. The molecule has 2 heterocycles. The van der Waals surface area contributed by atoms with E-state index < -0.39 is 0 Å². The number of benzene rings is 3. The van der Waals surface area contributed by atoms with E-state index in [-0.39, 0.29) is 6.04 Å². The second kappa shape index (κ2) is 8.08. The molecule has 0 fully saturated rings. The summed E-state index contributed by atoms with van der Waals surface area (Å²) in [5.41, 5.74) is 5.66. The van der Waals surface area contributed by atoms with Gasteiger partial charge in [-0.1, -0.05) is 72.8 Å². The molecule has 5 rings (SSSR count). The van der Waals surface area contributed by atoms with Crippen molar-refractivity contribution in [2.24, 2.45) is 5.10 Å². The number of rotatable bonds is 4. The molecular weight excluding hydrogens is 489 g/mol. The molecule has 1 aromatic heterocycles. The molecule has 3 aromatic carbocycles. The molecule has 1 atom stereocenters. The van der Waals surface area contributed by atoms with Crippen molar-refractivity contribution < 1.29 is 0 Å². The van der Waals surface area contributed by atoms with Gasteiger partial charge in [-0.3, -0.25) is 0 Å². The van der Waals surface area contributed by atoms with Gasteiger partial charge in [0.05, 0.1) is 17.4 Å². The van der Waals surface area contributed by atoms with Gasteiger partial charge < -0.3 is 0 Å². The second-order valence-corrected chi connectivity index (χ2v) is 8.99. The van der Waals surface area contributed by atoms with E-state index in [0.29, 0.717) is 0 Å². The average Bonchev–Trinajstić information content (AvgIpc) is 3.43. The molecule has 0 aliphatic carbocycles. The van der Waals surface area contributed by atoms with E-state index in [4.69, 9.17) is 10.1 Å². The SMILES string of the molecule is Ic1ccc(-c2csc(N3N=C(c4ccccc4)CC3c3ccccc3)n2)cc1. The van der Waals surface area contributed by atoms with Gasteiger partial charge in [0.25, 0.3) is 0 Å². The highest BCUT2D eigenvalue weighted by atomic mass is 127. The quantitative estimate of drug-likeness (QED) is 0.285. The minimum atomic E-state index is 0.155. The first-order chi connectivity index (χ1) is 14.3. The molecule has 1 unspecified atom stereocenters. The van der Waals surface area contributed by atoms with Crippen LogP contribution in [0.25, 0.3) is 11.3 Å². The number of hydrogen-bond donors (Lipinski definition) is 0. The van der Waals surface area contributed by atoms with Crippen LogP contribution in [0, 0.1) is 3.57 Å². The predicted molar refractivity (Wildman–Crippen MR) is 130 cm³/mol. The fourth-order valence-corrected chi connectivity index (χ4v) is 4.74. The van der Waals surface area contributed by atoms with Crippen LogP contribution in [0.1, 0.15) is 23.6 Å². The molecule has 3 nitrogen and oxygen atoms in total. The van der Waals surface area contributed by atoms with Crippen molar-refractivity contribution in [2.45, 2.75) is 12.5 Å². The Hall–Kier alpha value is -2.51. The van der Waals surface area contributed by atoms with Gasteiger partial charge in [0.2, 0.25) is 5.13 Å². The molecule has 142 valence electrons. The van der Waals surface area contributed by atoms with Crippen molar-refractivity contribution in [3.8, 4) is 11.3 Å². The highest BCUT2D eigenvalue weighted by molar-refractivity contribution is 14.1. The van der Waals surface area contributed by atoms with E-state index in [0.717, 1.165) is 28.5 Å². The maximum Gasteiger partial charge on any atom is 0.207 e. The maximum absolute atomic E-state index is 5.00. The second-order valence-electron chi connectivity index (χ2n) is 6.91. The van der Waals surface area contributed by atoms with Gasteiger partial charge in [0, 0.05) is 20.9 Å². The zero-order valence-electron chi connectivity index (χ0n) is 15.6. The molecule has 0 spiro atoms. The van der Waals surface area contributed by atoms with Crippen LogP contribution in [0.2, 0.25) is 0 Å². The van der Waals surface area contributed by atoms with Crippen LogP contribution < -0.4 is 5.01 Å². The largest absolute Gasteiger partial charge is 0.231 e. The molecule has 0 amide bonds. The van der Waals surface area contributed by atoms with Crippen LogP contribution in [-0.2, 0) is 0 Å². The Bertz CT molecular complexity index is 1140. The van der Waals surface area contributed by atoms with Gasteiger partial charge in [-0.25, -0.2) is 9.99 Å². The van der Waals surface area contributed by atoms with E-state index in [1.165, 1.54) is 14.7 Å². The summed E-state index contributed by atoms with van der Waals surface area (Å²) in [6.45, 7) is 0. The lowest BCUT2D eigenvalue weighted by Crippen LogP contribution is -2.18. The van der Waals surface area contributed by atoms with Crippen molar-refractivity contribution in [3.05, 3.63) is 105 Å². The average molecular weight is 507 g/mol. The number of nitrogens with zero attached hydrogens (tertiary/aromatic N) is 3. The monoisotopic (exact) mass is 507 g/mol. The van der Waals surface area contributed by atoms with Crippen molar-refractivity contribution in [3.63, 3.8) is 0 Å². The summed E-state index contributed by atoms with van der Waals surface area (Å²) < 4.78 is 1.22. The molecule has 1 aliphatic rings. The van der Waals surface area contributed by atoms with Crippen molar-refractivity contribution >= 4 is 44.8 Å². The first-order valence-corrected chi connectivity index (χ1v) is 11.4. The highest BCUT2D eigenvalue weighted by Crippen LogP contribution is 2.39. The smallest absolute Gasteiger partial charge is 0.207 e. The molecule has 5 heteroatoms. The van der Waals surface area contributed by atoms with E-state index in [9.17, 15) is 0 Å². The summed E-state index contributed by atoms with van der Waals surface area (Å²) >= 11 is 3.97. The van der Waals surface area contributed by atoms with Crippen LogP contribution in [0.15, 0.2) is 95.4 Å². The van der Waals surface area contributed by atoms with Gasteiger partial charge >= 0.3 is 0 Å². The molecule has 1 aliphatic heterocycles. The number of hydrazone groups is 1. The van der Waals surface area contributed by atoms with Gasteiger partial charge in [0.15, 0.2) is 0 Å². The Morgan fingerprint density at radius 3 is 2.24 bits per heavy atom. The lowest BCUT2D eigenvalue weighted by Gasteiger charge is -2.21. The van der Waals surface area contributed by atoms with E-state index in [2.05, 4.69) is 112 Å². The third kappa shape index (κ3) is 3.84. The van der Waals surface area contributed by atoms with Gasteiger partial charge in [0.1, 0.15) is 0 Å². The standard InChI is InChI=1S/C24H18IN3S/c25-20-13-11-18(12-14-20)22-16-29-24(26-22)28-23(19-9-5-2-6-10-19)15-21(27-28)17-7-3-1-4-8-17/h1-14,16,23H,15H2. The first kappa shape index (κ1) is 18.5. The summed E-state index contributed by atoms with van der Waals surface area (Å²) in [6, 6.07) is 29.6. The predicted octanol–water partition coefficient (Wildman–Crippen LogP) is 6.77. The summed E-state index contributed by atoms with van der Waals surface area (Å²) in [5.74, 6) is 0. The Morgan fingerprint density at radius 2 is 1.52 bits per heavy atom. The Labute approximate surface area is 187 Å². The molecule has 0 radical (unpaired) electrons. The number of aromatic nitrogens is 1. The molecular formula is C24H18IN3S. The van der Waals surface area contributed by atoms with E-state index in [1.54, 1.807) is 11.3 Å². The summed E-state index contributed by atoms with van der Waals surface area (Å²) in [6.07, 6.45) is 0.868. The summed E-state index contributed by atoms with van der Waals surface area (Å²) in [7, 11) is 0. The topological polar surface area (TPSA) is 28.5 Å². The fourth-order valence-electron chi connectivity index (χ4n) is 3.55. The lowest BCUT2D eigenvalue weighted by atomic mass is 9.99. The number of halogens is 1. The Morgan fingerprint density at radius 1 is 0.828 bits per heavy atom. The van der Waals surface area contributed by atoms with Crippen LogP contribution >= 0.6 is 33.9 Å². The van der Waals surface area contributed by atoms with Gasteiger partial charge in [-0.2, -0.15) is 5.10 Å². The third-order valence-electron chi connectivity index (χ3n) is 5.03. The minimum absolute atomic E-state index is 0.155. The molecule has 0 N–H and O–H groups in total. The molecule has 0 bridgehead atoms. The van der Waals surface area contributed by atoms with Crippen LogP contribution in [0.5, 0.6) is 0 Å². The minimum Gasteiger partial charge on any atom is -0.231 e. The summed E-state index contributed by atoms with van der Waals surface area (Å²) in [5, 5.41) is 10.1. The van der Waals surface area contributed by atoms with E-state index in [1.807, 2.05) is 6.07 Å². The van der Waals surface area contributed by atoms with E-state index >= 15 is 0 Å². The Kier molecular flexibility index (Phi) is 5.16. The van der Waals surface area contributed by atoms with Crippen LogP contribution in [0.4, 0.5) is 5.13 Å². The molecule has 29 heavy (non-hydrogen) atoms. The van der Waals surface area contributed by atoms with Crippen molar-refractivity contribution in [2.75, 3.05) is 5.01 Å². The number of anilines is 1. The maximum atomic E-state index is 5.00. The zero-order chi connectivity index (χ0) is 19.6. The van der Waals surface area contributed by atoms with Gasteiger partial charge in [-0.05, 0) is 45.9 Å². The zero-order valence-corrected chi connectivity index (χ0v) is 18.5. The van der Waals surface area contributed by atoms with Gasteiger partial charge in [-0.15, -0.1) is 11.3 Å². The normalized spacial score (nSPS) is 16.1. The van der Waals surface area contributed by atoms with Crippen LogP contribution in [-0.4, -0.2) is 10.7 Å². The van der Waals surface area contributed by atoms with Crippen molar-refractivity contribution in [1.82, 2.24) is 4.98 Å². The van der Waals surface area contributed by atoms with Crippen molar-refractivity contribution in [1.29, 1.82) is 0 Å². The summed E-state index contributed by atoms with van der Waals surface area (Å²) in [4.78, 5) is 4.93. The number of thiazole rings is 1. The molecule has 0 saturated carbocycles. The first-order valence-electron chi connectivity index (χ1n) is 9.46. The Balaban J connectivity index is 1.53. The fraction of sp³-hybridized carbons (Fsp3) is 0.0833. The lowest BCUT2D eigenvalue weighted by molar-refractivity contribution is 0.706. The number of hydrogen-bond acceptors (Lipinski definition) is 4. The third-order valence-corrected chi connectivity index (χ3v) is 6.58. The highest BCUT2D eigenvalue weighted by Gasteiger charge is 2.31.